The Hall–Kier alpha value is -0.0900. The molecule has 2 rings (SSSR count). The lowest BCUT2D eigenvalue weighted by molar-refractivity contribution is 0.195. The zero-order valence-electron chi connectivity index (χ0n) is 12.2. The summed E-state index contributed by atoms with van der Waals surface area (Å²) in [5.41, 5.74) is 1.29. The number of halogens is 2. The molecule has 1 fully saturated rings. The van der Waals surface area contributed by atoms with E-state index in [9.17, 15) is 0 Å². The van der Waals surface area contributed by atoms with Crippen LogP contribution in [0.5, 0.6) is 0 Å². The molecule has 0 aliphatic carbocycles. The van der Waals surface area contributed by atoms with Crippen LogP contribution in [0.3, 0.4) is 0 Å². The van der Waals surface area contributed by atoms with Gasteiger partial charge >= 0.3 is 0 Å². The highest BCUT2D eigenvalue weighted by molar-refractivity contribution is 9.10. The number of likely N-dealkylation sites (tertiary alicyclic amines) is 1. The van der Waals surface area contributed by atoms with E-state index in [0.29, 0.717) is 6.04 Å². The summed E-state index contributed by atoms with van der Waals surface area (Å²) in [6.45, 7) is 6.94. The van der Waals surface area contributed by atoms with Crippen molar-refractivity contribution in [2.45, 2.75) is 45.2 Å². The van der Waals surface area contributed by atoms with Crippen LogP contribution in [0.2, 0.25) is 5.02 Å². The van der Waals surface area contributed by atoms with Gasteiger partial charge < -0.3 is 10.2 Å². The van der Waals surface area contributed by atoms with E-state index in [0.717, 1.165) is 16.0 Å². The van der Waals surface area contributed by atoms with Gasteiger partial charge in [0, 0.05) is 17.1 Å². The molecule has 0 saturated carbocycles. The van der Waals surface area contributed by atoms with Gasteiger partial charge in [-0.05, 0) is 72.5 Å². The van der Waals surface area contributed by atoms with Crippen molar-refractivity contribution in [2.75, 3.05) is 19.6 Å². The summed E-state index contributed by atoms with van der Waals surface area (Å²) in [5, 5.41) is 4.45. The maximum absolute atomic E-state index is 6.01. The van der Waals surface area contributed by atoms with Gasteiger partial charge in [0.2, 0.25) is 0 Å². The third-order valence-corrected chi connectivity index (χ3v) is 5.21. The van der Waals surface area contributed by atoms with Crippen molar-refractivity contribution in [1.29, 1.82) is 0 Å². The first kappa shape index (κ1) is 16.3. The highest BCUT2D eigenvalue weighted by Gasteiger charge is 2.18. The average molecular weight is 360 g/mol. The highest BCUT2D eigenvalue weighted by atomic mass is 79.9. The number of rotatable bonds is 6. The topological polar surface area (TPSA) is 15.3 Å². The van der Waals surface area contributed by atoms with Crippen molar-refractivity contribution >= 4 is 27.5 Å². The van der Waals surface area contributed by atoms with E-state index >= 15 is 0 Å². The van der Waals surface area contributed by atoms with Crippen molar-refractivity contribution in [1.82, 2.24) is 10.2 Å². The first-order valence-corrected chi connectivity index (χ1v) is 8.76. The molecule has 1 saturated heterocycles. The second kappa shape index (κ2) is 8.38. The van der Waals surface area contributed by atoms with Crippen LogP contribution in [0.15, 0.2) is 22.7 Å². The van der Waals surface area contributed by atoms with Crippen molar-refractivity contribution in [3.05, 3.63) is 33.3 Å². The summed E-state index contributed by atoms with van der Waals surface area (Å²) >= 11 is 9.49. The first-order valence-electron chi connectivity index (χ1n) is 7.58. The third-order valence-electron chi connectivity index (χ3n) is 3.99. The predicted molar refractivity (Wildman–Crippen MR) is 90.4 cm³/mol. The van der Waals surface area contributed by atoms with Crippen molar-refractivity contribution in [2.24, 2.45) is 0 Å². The standard InChI is InChI=1S/C16H24BrClN2/c1-2-3-8-20-9-6-14(7-10-20)19-12-13-4-5-16(18)15(17)11-13/h4-5,11,14,19H,2-3,6-10,12H2,1H3. The van der Waals surface area contributed by atoms with Crippen molar-refractivity contribution in [3.63, 3.8) is 0 Å². The number of unbranched alkanes of at least 4 members (excludes halogenated alkanes) is 1. The Balaban J connectivity index is 1.71. The Morgan fingerprint density at radius 3 is 2.75 bits per heavy atom. The van der Waals surface area contributed by atoms with Crippen molar-refractivity contribution in [3.8, 4) is 0 Å². The summed E-state index contributed by atoms with van der Waals surface area (Å²) in [5.74, 6) is 0. The molecule has 1 aliphatic heterocycles. The minimum atomic E-state index is 0.655. The molecule has 112 valence electrons. The van der Waals surface area contributed by atoms with Crippen LogP contribution < -0.4 is 5.32 Å². The van der Waals surface area contributed by atoms with Gasteiger partial charge in [0.15, 0.2) is 0 Å². The van der Waals surface area contributed by atoms with Crippen LogP contribution in [-0.4, -0.2) is 30.6 Å². The summed E-state index contributed by atoms with van der Waals surface area (Å²) < 4.78 is 0.979. The smallest absolute Gasteiger partial charge is 0.0548 e. The number of benzene rings is 1. The molecule has 1 aromatic rings. The molecule has 0 spiro atoms. The number of nitrogens with one attached hydrogen (secondary N) is 1. The molecular weight excluding hydrogens is 336 g/mol. The minimum Gasteiger partial charge on any atom is -0.310 e. The molecule has 0 radical (unpaired) electrons. The van der Waals surface area contributed by atoms with Gasteiger partial charge in [-0.1, -0.05) is 31.0 Å². The fraction of sp³-hybridized carbons (Fsp3) is 0.625. The number of nitrogens with zero attached hydrogens (tertiary/aromatic N) is 1. The lowest BCUT2D eigenvalue weighted by atomic mass is 10.0. The Morgan fingerprint density at radius 1 is 1.35 bits per heavy atom. The Kier molecular flexibility index (Phi) is 6.82. The lowest BCUT2D eigenvalue weighted by Crippen LogP contribution is -2.42. The Morgan fingerprint density at radius 2 is 2.10 bits per heavy atom. The fourth-order valence-electron chi connectivity index (χ4n) is 2.65. The second-order valence-electron chi connectivity index (χ2n) is 5.60. The van der Waals surface area contributed by atoms with E-state index in [4.69, 9.17) is 11.6 Å². The summed E-state index contributed by atoms with van der Waals surface area (Å²) in [6.07, 6.45) is 5.15. The largest absolute Gasteiger partial charge is 0.310 e. The molecular formula is C16H24BrClN2. The van der Waals surface area contributed by atoms with Crippen LogP contribution in [0.25, 0.3) is 0 Å². The van der Waals surface area contributed by atoms with E-state index in [1.807, 2.05) is 6.07 Å². The molecule has 2 nitrogen and oxygen atoms in total. The summed E-state index contributed by atoms with van der Waals surface area (Å²) in [6, 6.07) is 6.81. The first-order chi connectivity index (χ1) is 9.69. The second-order valence-corrected chi connectivity index (χ2v) is 6.86. The molecule has 1 aliphatic rings. The molecule has 1 aromatic carbocycles. The monoisotopic (exact) mass is 358 g/mol. The van der Waals surface area contributed by atoms with Crippen LogP contribution in [0.4, 0.5) is 0 Å². The molecule has 0 bridgehead atoms. The van der Waals surface area contributed by atoms with Crippen LogP contribution in [0.1, 0.15) is 38.2 Å². The van der Waals surface area contributed by atoms with Crippen LogP contribution in [-0.2, 0) is 6.54 Å². The molecule has 4 heteroatoms. The van der Waals surface area contributed by atoms with Gasteiger partial charge in [0.1, 0.15) is 0 Å². The highest BCUT2D eigenvalue weighted by Crippen LogP contribution is 2.23. The zero-order valence-corrected chi connectivity index (χ0v) is 14.5. The van der Waals surface area contributed by atoms with Crippen molar-refractivity contribution < 1.29 is 0 Å². The summed E-state index contributed by atoms with van der Waals surface area (Å²) in [4.78, 5) is 2.60. The molecule has 0 aromatic heterocycles. The third kappa shape index (κ3) is 5.03. The minimum absolute atomic E-state index is 0.655. The van der Waals surface area contributed by atoms with E-state index in [-0.39, 0.29) is 0 Å². The van der Waals surface area contributed by atoms with Gasteiger partial charge in [-0.25, -0.2) is 0 Å². The van der Waals surface area contributed by atoms with Gasteiger partial charge in [-0.3, -0.25) is 0 Å². The number of piperidine rings is 1. The average Bonchev–Trinajstić information content (AvgIpc) is 2.47. The molecule has 20 heavy (non-hydrogen) atoms. The van der Waals surface area contributed by atoms with E-state index in [1.165, 1.54) is 50.9 Å². The number of hydrogen-bond acceptors (Lipinski definition) is 2. The quantitative estimate of drug-likeness (QED) is 0.807. The van der Waals surface area contributed by atoms with Crippen LogP contribution in [0, 0.1) is 0 Å². The Bertz CT molecular complexity index is 417. The Labute approximate surface area is 136 Å². The van der Waals surface area contributed by atoms with Gasteiger partial charge in [0.25, 0.3) is 0 Å². The molecule has 1 heterocycles. The van der Waals surface area contributed by atoms with Gasteiger partial charge in [-0.15, -0.1) is 0 Å². The summed E-state index contributed by atoms with van der Waals surface area (Å²) in [7, 11) is 0. The normalized spacial score (nSPS) is 17.6. The maximum atomic E-state index is 6.01. The molecule has 0 atom stereocenters. The molecule has 0 amide bonds. The lowest BCUT2D eigenvalue weighted by Gasteiger charge is -2.32. The predicted octanol–water partition coefficient (Wildman–Crippen LogP) is 4.46. The van der Waals surface area contributed by atoms with Gasteiger partial charge in [0.05, 0.1) is 5.02 Å². The van der Waals surface area contributed by atoms with E-state index in [2.05, 4.69) is 45.2 Å². The molecule has 0 unspecified atom stereocenters. The number of hydrogen-bond donors (Lipinski definition) is 1. The van der Waals surface area contributed by atoms with E-state index < -0.39 is 0 Å². The molecule has 1 N–H and O–H groups in total. The SMILES string of the molecule is CCCCN1CCC(NCc2ccc(Cl)c(Br)c2)CC1. The fourth-order valence-corrected chi connectivity index (χ4v) is 3.20. The zero-order chi connectivity index (χ0) is 14.4. The van der Waals surface area contributed by atoms with Crippen LogP contribution >= 0.6 is 27.5 Å². The van der Waals surface area contributed by atoms with Gasteiger partial charge in [-0.2, -0.15) is 0 Å². The van der Waals surface area contributed by atoms with E-state index in [1.54, 1.807) is 0 Å². The maximum Gasteiger partial charge on any atom is 0.0548 e.